The first-order valence-electron chi connectivity index (χ1n) is 4.23. The Labute approximate surface area is 70.8 Å². The molecule has 11 heavy (non-hydrogen) atoms. The van der Waals surface area contributed by atoms with E-state index in [4.69, 9.17) is 0 Å². The van der Waals surface area contributed by atoms with E-state index in [0.29, 0.717) is 5.94 Å². The lowest BCUT2D eigenvalue weighted by molar-refractivity contribution is 0.672. The number of allylic oxidation sites excluding steroid dienone is 2. The summed E-state index contributed by atoms with van der Waals surface area (Å²) in [5, 5.41) is 3.32. The highest BCUT2D eigenvalue weighted by molar-refractivity contribution is 6.35. The second kappa shape index (κ2) is 6.08. The van der Waals surface area contributed by atoms with Crippen LogP contribution in [0.5, 0.6) is 0 Å². The maximum absolute atomic E-state index is 3.81. The average Bonchev–Trinajstić information content (AvgIpc) is 1.97. The molecular formula is C9H18BN. The number of nitrogens with one attached hydrogen (secondary N) is 1. The smallest absolute Gasteiger partial charge is 0.145 e. The van der Waals surface area contributed by atoms with Crippen molar-refractivity contribution in [2.45, 2.75) is 32.5 Å². The summed E-state index contributed by atoms with van der Waals surface area (Å²) in [7, 11) is 1.15. The minimum Gasteiger partial charge on any atom is -0.394 e. The summed E-state index contributed by atoms with van der Waals surface area (Å²) < 4.78 is 0. The minimum absolute atomic E-state index is 0.575. The highest BCUT2D eigenvalue weighted by Gasteiger charge is 2.03. The number of rotatable bonds is 6. The lowest BCUT2D eigenvalue weighted by Gasteiger charge is -2.16. The molecule has 0 aromatic heterocycles. The molecule has 1 nitrogen and oxygen atoms in total. The van der Waals surface area contributed by atoms with Gasteiger partial charge in [0.15, 0.2) is 0 Å². The van der Waals surface area contributed by atoms with Crippen LogP contribution in [0.2, 0.25) is 6.82 Å². The molecule has 1 atom stereocenters. The van der Waals surface area contributed by atoms with Crippen LogP contribution in [0.25, 0.3) is 0 Å². The lowest BCUT2D eigenvalue weighted by atomic mass is 9.70. The summed E-state index contributed by atoms with van der Waals surface area (Å²) in [6.45, 7) is 11.7. The van der Waals surface area contributed by atoms with E-state index in [9.17, 15) is 0 Å². The molecule has 0 aromatic carbocycles. The van der Waals surface area contributed by atoms with Crippen LogP contribution in [0.15, 0.2) is 24.9 Å². The van der Waals surface area contributed by atoms with Gasteiger partial charge in [-0.05, 0) is 31.4 Å². The zero-order chi connectivity index (χ0) is 8.69. The van der Waals surface area contributed by atoms with Crippen LogP contribution in [0.4, 0.5) is 0 Å². The van der Waals surface area contributed by atoms with Gasteiger partial charge in [0.25, 0.3) is 0 Å². The predicted molar refractivity (Wildman–Crippen MR) is 54.2 cm³/mol. The third-order valence-corrected chi connectivity index (χ3v) is 1.66. The van der Waals surface area contributed by atoms with Crippen molar-refractivity contribution in [3.05, 3.63) is 24.9 Å². The maximum atomic E-state index is 3.81. The minimum atomic E-state index is 0.575. The first kappa shape index (κ1) is 10.3. The van der Waals surface area contributed by atoms with E-state index in [1.807, 2.05) is 13.0 Å². The van der Waals surface area contributed by atoms with Crippen molar-refractivity contribution in [1.29, 1.82) is 0 Å². The maximum Gasteiger partial charge on any atom is 0.145 e. The normalized spacial score (nSPS) is 11.8. The molecule has 0 fully saturated rings. The van der Waals surface area contributed by atoms with E-state index >= 15 is 0 Å². The molecular weight excluding hydrogens is 133 g/mol. The molecule has 0 aliphatic rings. The van der Waals surface area contributed by atoms with Crippen LogP contribution >= 0.6 is 0 Å². The summed E-state index contributed by atoms with van der Waals surface area (Å²) in [5.74, 6) is 0.575. The molecule has 0 bridgehead atoms. The molecule has 1 N–H and O–H groups in total. The van der Waals surface area contributed by atoms with E-state index in [2.05, 4.69) is 25.3 Å². The van der Waals surface area contributed by atoms with Gasteiger partial charge in [0.05, 0.1) is 0 Å². The van der Waals surface area contributed by atoms with Crippen molar-refractivity contribution in [3.63, 3.8) is 0 Å². The average molecular weight is 151 g/mol. The third-order valence-electron chi connectivity index (χ3n) is 1.66. The molecule has 0 saturated heterocycles. The molecule has 0 spiro atoms. The molecule has 0 aromatic rings. The predicted octanol–water partition coefficient (Wildman–Crippen LogP) is 1.89. The molecule has 0 radical (unpaired) electrons. The fraction of sp³-hybridized carbons (Fsp3) is 0.556. The summed E-state index contributed by atoms with van der Waals surface area (Å²) in [6, 6.07) is 0. The molecule has 0 heterocycles. The second-order valence-electron chi connectivity index (χ2n) is 2.90. The Balaban J connectivity index is 3.57. The highest BCUT2D eigenvalue weighted by Crippen LogP contribution is 1.98. The lowest BCUT2D eigenvalue weighted by Crippen LogP contribution is -2.31. The Hall–Kier alpha value is -0.655. The van der Waals surface area contributed by atoms with Crippen LogP contribution in [-0.4, -0.2) is 13.2 Å². The SMILES string of the molecule is C=CCCC(BC)NC(=C)C. The summed E-state index contributed by atoms with van der Waals surface area (Å²) >= 11 is 0. The molecule has 0 rings (SSSR count). The van der Waals surface area contributed by atoms with Crippen LogP contribution in [0.1, 0.15) is 19.8 Å². The fourth-order valence-electron chi connectivity index (χ4n) is 1.05. The van der Waals surface area contributed by atoms with E-state index < -0.39 is 0 Å². The van der Waals surface area contributed by atoms with Crippen molar-refractivity contribution in [2.24, 2.45) is 0 Å². The van der Waals surface area contributed by atoms with Gasteiger partial charge in [-0.15, -0.1) is 6.58 Å². The standard InChI is InChI=1S/C9H18BN/c1-5-6-7-9(10-4)11-8(2)3/h5,9-11H,1-2,6-7H2,3-4H3. The Morgan fingerprint density at radius 1 is 1.73 bits per heavy atom. The van der Waals surface area contributed by atoms with Crippen molar-refractivity contribution in [1.82, 2.24) is 5.32 Å². The van der Waals surface area contributed by atoms with Crippen molar-refractivity contribution in [3.8, 4) is 0 Å². The molecule has 62 valence electrons. The molecule has 0 aliphatic carbocycles. The van der Waals surface area contributed by atoms with Crippen LogP contribution in [-0.2, 0) is 0 Å². The van der Waals surface area contributed by atoms with Crippen molar-refractivity contribution < 1.29 is 0 Å². The Bertz CT molecular complexity index is 132. The van der Waals surface area contributed by atoms with Gasteiger partial charge in [0, 0.05) is 0 Å². The summed E-state index contributed by atoms with van der Waals surface area (Å²) in [6.07, 6.45) is 4.20. The van der Waals surface area contributed by atoms with Gasteiger partial charge in [0.1, 0.15) is 7.28 Å². The zero-order valence-electron chi connectivity index (χ0n) is 7.69. The van der Waals surface area contributed by atoms with Crippen LogP contribution < -0.4 is 5.32 Å². The quantitative estimate of drug-likeness (QED) is 0.451. The third kappa shape index (κ3) is 5.77. The Morgan fingerprint density at radius 3 is 2.73 bits per heavy atom. The second-order valence-corrected chi connectivity index (χ2v) is 2.90. The van der Waals surface area contributed by atoms with E-state index in [-0.39, 0.29) is 0 Å². The number of hydrogen-bond donors (Lipinski definition) is 1. The van der Waals surface area contributed by atoms with Gasteiger partial charge in [-0.25, -0.2) is 0 Å². The van der Waals surface area contributed by atoms with Gasteiger partial charge in [-0.1, -0.05) is 19.5 Å². The first-order valence-corrected chi connectivity index (χ1v) is 4.23. The van der Waals surface area contributed by atoms with Gasteiger partial charge in [-0.2, -0.15) is 0 Å². The van der Waals surface area contributed by atoms with Crippen LogP contribution in [0, 0.1) is 0 Å². The van der Waals surface area contributed by atoms with Crippen molar-refractivity contribution in [2.75, 3.05) is 0 Å². The molecule has 0 amide bonds. The fourth-order valence-corrected chi connectivity index (χ4v) is 1.05. The number of hydrogen-bond acceptors (Lipinski definition) is 1. The van der Waals surface area contributed by atoms with Gasteiger partial charge >= 0.3 is 0 Å². The van der Waals surface area contributed by atoms with Gasteiger partial charge < -0.3 is 5.32 Å². The summed E-state index contributed by atoms with van der Waals surface area (Å²) in [4.78, 5) is 0. The Morgan fingerprint density at radius 2 is 2.36 bits per heavy atom. The van der Waals surface area contributed by atoms with Crippen molar-refractivity contribution >= 4 is 7.28 Å². The highest BCUT2D eigenvalue weighted by atomic mass is 14.9. The van der Waals surface area contributed by atoms with E-state index in [1.165, 1.54) is 0 Å². The molecule has 2 heteroatoms. The van der Waals surface area contributed by atoms with Gasteiger partial charge in [-0.3, -0.25) is 0 Å². The zero-order valence-corrected chi connectivity index (χ0v) is 7.69. The monoisotopic (exact) mass is 151 g/mol. The van der Waals surface area contributed by atoms with E-state index in [0.717, 1.165) is 25.8 Å². The Kier molecular flexibility index (Phi) is 5.72. The largest absolute Gasteiger partial charge is 0.394 e. The molecule has 0 saturated carbocycles. The molecule has 1 unspecified atom stereocenters. The van der Waals surface area contributed by atoms with E-state index in [1.54, 1.807) is 0 Å². The van der Waals surface area contributed by atoms with Crippen LogP contribution in [0.3, 0.4) is 0 Å². The topological polar surface area (TPSA) is 12.0 Å². The molecule has 0 aliphatic heterocycles. The first-order chi connectivity index (χ1) is 5.20. The summed E-state index contributed by atoms with van der Waals surface area (Å²) in [5.41, 5.74) is 1.06. The van der Waals surface area contributed by atoms with Gasteiger partial charge in [0.2, 0.25) is 0 Å².